The highest BCUT2D eigenvalue weighted by atomic mass is 79.9. The number of amides is 2. The summed E-state index contributed by atoms with van der Waals surface area (Å²) in [6.07, 6.45) is -4.81. The maximum Gasteiger partial charge on any atom is 0.403 e. The number of likely N-dealkylation sites (N-methyl/N-ethyl adjacent to an activating group) is 1. The second-order valence-electron chi connectivity index (χ2n) is 6.74. The Hall–Kier alpha value is -1.77. The summed E-state index contributed by atoms with van der Waals surface area (Å²) in [5.41, 5.74) is -1.80. The van der Waals surface area contributed by atoms with E-state index in [1.165, 1.54) is 16.9 Å². The summed E-state index contributed by atoms with van der Waals surface area (Å²) in [6, 6.07) is 4.65. The molecule has 0 aromatic heterocycles. The zero-order chi connectivity index (χ0) is 19.3. The summed E-state index contributed by atoms with van der Waals surface area (Å²) in [6.45, 7) is 0.230. The Morgan fingerprint density at radius 2 is 1.88 bits per heavy atom. The standard InChI is InChI=1S/C17H18BrF3N2O3/c1-22(14(24)10-5-11(18)7-13(6-10)26-2)12-8-23(9-12)15(25)16(3-4-16)17(19,20)21/h5-7,12H,3-4,8-9H2,1-2H3. The summed E-state index contributed by atoms with van der Waals surface area (Å²) in [4.78, 5) is 27.4. The minimum atomic E-state index is -4.51. The molecule has 3 rings (SSSR count). The van der Waals surface area contributed by atoms with E-state index in [9.17, 15) is 22.8 Å². The molecule has 0 bridgehead atoms. The van der Waals surface area contributed by atoms with Crippen molar-refractivity contribution in [1.82, 2.24) is 9.80 Å². The van der Waals surface area contributed by atoms with Crippen molar-refractivity contribution in [2.24, 2.45) is 5.41 Å². The van der Waals surface area contributed by atoms with Crippen LogP contribution in [0.1, 0.15) is 23.2 Å². The first-order valence-corrected chi connectivity index (χ1v) is 8.86. The van der Waals surface area contributed by atoms with Gasteiger partial charge >= 0.3 is 6.18 Å². The molecule has 1 aromatic carbocycles. The average molecular weight is 435 g/mol. The molecule has 0 unspecified atom stereocenters. The number of carbonyl (C=O) groups is 2. The second kappa shape index (κ2) is 6.44. The van der Waals surface area contributed by atoms with Crippen LogP contribution in [0, 0.1) is 5.41 Å². The number of methoxy groups -OCH3 is 1. The van der Waals surface area contributed by atoms with Crippen LogP contribution in [0.2, 0.25) is 0 Å². The highest BCUT2D eigenvalue weighted by Crippen LogP contribution is 2.59. The van der Waals surface area contributed by atoms with Gasteiger partial charge in [0, 0.05) is 30.2 Å². The lowest BCUT2D eigenvalue weighted by atomic mass is 9.99. The topological polar surface area (TPSA) is 49.9 Å². The number of likely N-dealkylation sites (tertiary alicyclic amines) is 1. The van der Waals surface area contributed by atoms with Gasteiger partial charge in [0.25, 0.3) is 5.91 Å². The van der Waals surface area contributed by atoms with E-state index in [4.69, 9.17) is 4.74 Å². The van der Waals surface area contributed by atoms with Crippen molar-refractivity contribution in [1.29, 1.82) is 0 Å². The summed E-state index contributed by atoms with van der Waals surface area (Å²) in [5, 5.41) is 0. The van der Waals surface area contributed by atoms with Gasteiger partial charge in [-0.15, -0.1) is 0 Å². The Kier molecular flexibility index (Phi) is 4.71. The lowest BCUT2D eigenvalue weighted by molar-refractivity contribution is -0.201. The third-order valence-corrected chi connectivity index (χ3v) is 5.53. The van der Waals surface area contributed by atoms with Crippen molar-refractivity contribution in [2.45, 2.75) is 25.1 Å². The van der Waals surface area contributed by atoms with Crippen LogP contribution in [-0.4, -0.2) is 61.1 Å². The molecule has 142 valence electrons. The van der Waals surface area contributed by atoms with E-state index in [0.717, 1.165) is 0 Å². The van der Waals surface area contributed by atoms with E-state index in [0.29, 0.717) is 15.8 Å². The number of hydrogen-bond acceptors (Lipinski definition) is 3. The minimum absolute atomic E-state index is 0.115. The van der Waals surface area contributed by atoms with Gasteiger partial charge in [0.15, 0.2) is 0 Å². The quantitative estimate of drug-likeness (QED) is 0.731. The summed E-state index contributed by atoms with van der Waals surface area (Å²) in [7, 11) is 3.07. The molecule has 26 heavy (non-hydrogen) atoms. The highest BCUT2D eigenvalue weighted by molar-refractivity contribution is 9.10. The highest BCUT2D eigenvalue weighted by Gasteiger charge is 2.70. The second-order valence-corrected chi connectivity index (χ2v) is 7.66. The van der Waals surface area contributed by atoms with Gasteiger partial charge in [0.05, 0.1) is 13.2 Å². The predicted molar refractivity (Wildman–Crippen MR) is 90.9 cm³/mol. The first kappa shape index (κ1) is 19.0. The van der Waals surface area contributed by atoms with E-state index >= 15 is 0 Å². The largest absolute Gasteiger partial charge is 0.497 e. The van der Waals surface area contributed by atoms with Crippen LogP contribution in [0.15, 0.2) is 22.7 Å². The monoisotopic (exact) mass is 434 g/mol. The van der Waals surface area contributed by atoms with Gasteiger partial charge in [-0.25, -0.2) is 0 Å². The van der Waals surface area contributed by atoms with Gasteiger partial charge in [0.1, 0.15) is 11.2 Å². The van der Waals surface area contributed by atoms with Crippen LogP contribution in [0.4, 0.5) is 13.2 Å². The number of benzene rings is 1. The van der Waals surface area contributed by atoms with Gasteiger partial charge < -0.3 is 14.5 Å². The molecular formula is C17H18BrF3N2O3. The zero-order valence-electron chi connectivity index (χ0n) is 14.3. The predicted octanol–water partition coefficient (Wildman–Crippen LogP) is 3.08. The van der Waals surface area contributed by atoms with Crippen molar-refractivity contribution in [3.8, 4) is 5.75 Å². The summed E-state index contributed by atoms with van der Waals surface area (Å²) < 4.78 is 45.0. The lowest BCUT2D eigenvalue weighted by Gasteiger charge is -2.45. The van der Waals surface area contributed by atoms with E-state index < -0.39 is 17.5 Å². The molecule has 5 nitrogen and oxygen atoms in total. The maximum absolute atomic E-state index is 13.1. The molecule has 1 aromatic rings. The molecule has 0 N–H and O–H groups in total. The van der Waals surface area contributed by atoms with Crippen molar-refractivity contribution >= 4 is 27.7 Å². The molecule has 1 heterocycles. The molecule has 1 aliphatic carbocycles. The normalized spacial score (nSPS) is 18.9. The first-order chi connectivity index (χ1) is 12.1. The van der Waals surface area contributed by atoms with Crippen molar-refractivity contribution in [3.63, 3.8) is 0 Å². The fourth-order valence-corrected chi connectivity index (χ4v) is 3.56. The molecule has 2 amide bonds. The molecule has 1 saturated carbocycles. The number of halogens is 4. The number of ether oxygens (including phenoxy) is 1. The zero-order valence-corrected chi connectivity index (χ0v) is 15.9. The SMILES string of the molecule is COc1cc(Br)cc(C(=O)N(C)C2CN(C(=O)C3(C(F)(F)F)CC3)C2)c1. The Balaban J connectivity index is 1.63. The smallest absolute Gasteiger partial charge is 0.403 e. The third kappa shape index (κ3) is 3.17. The molecule has 1 saturated heterocycles. The maximum atomic E-state index is 13.1. The van der Waals surface area contributed by atoms with Gasteiger partial charge in [0.2, 0.25) is 5.91 Å². The number of nitrogens with zero attached hydrogens (tertiary/aromatic N) is 2. The van der Waals surface area contributed by atoms with Crippen LogP contribution in [0.5, 0.6) is 5.75 Å². The van der Waals surface area contributed by atoms with E-state index in [1.807, 2.05) is 0 Å². The fourth-order valence-electron chi connectivity index (χ4n) is 3.09. The van der Waals surface area contributed by atoms with Gasteiger partial charge in [-0.3, -0.25) is 9.59 Å². The van der Waals surface area contributed by atoms with Gasteiger partial charge in [-0.1, -0.05) is 15.9 Å². The van der Waals surface area contributed by atoms with Crippen molar-refractivity contribution < 1.29 is 27.5 Å². The molecular weight excluding hydrogens is 417 g/mol. The van der Waals surface area contributed by atoms with Crippen molar-refractivity contribution in [2.75, 3.05) is 27.2 Å². The van der Waals surface area contributed by atoms with Gasteiger partial charge in [-0.2, -0.15) is 13.2 Å². The van der Waals surface area contributed by atoms with Crippen molar-refractivity contribution in [3.05, 3.63) is 28.2 Å². The van der Waals surface area contributed by atoms with Crippen LogP contribution in [-0.2, 0) is 4.79 Å². The Morgan fingerprint density at radius 1 is 1.27 bits per heavy atom. The molecule has 2 fully saturated rings. The molecule has 1 aliphatic heterocycles. The summed E-state index contributed by atoms with van der Waals surface area (Å²) in [5.74, 6) is -0.632. The van der Waals surface area contributed by atoms with Crippen LogP contribution in [0.25, 0.3) is 0 Å². The van der Waals surface area contributed by atoms with Gasteiger partial charge in [-0.05, 0) is 31.0 Å². The fraction of sp³-hybridized carbons (Fsp3) is 0.529. The molecule has 0 atom stereocenters. The number of hydrogen-bond donors (Lipinski definition) is 0. The Morgan fingerprint density at radius 3 is 2.38 bits per heavy atom. The van der Waals surface area contributed by atoms with E-state index in [-0.39, 0.29) is 37.9 Å². The third-order valence-electron chi connectivity index (χ3n) is 5.07. The molecule has 0 spiro atoms. The molecule has 9 heteroatoms. The lowest BCUT2D eigenvalue weighted by Crippen LogP contribution is -2.63. The number of alkyl halides is 3. The minimum Gasteiger partial charge on any atom is -0.497 e. The Labute approximate surface area is 157 Å². The van der Waals surface area contributed by atoms with Crippen LogP contribution < -0.4 is 4.74 Å². The average Bonchev–Trinajstić information content (AvgIpc) is 3.33. The van der Waals surface area contributed by atoms with Crippen LogP contribution >= 0.6 is 15.9 Å². The van der Waals surface area contributed by atoms with Crippen LogP contribution in [0.3, 0.4) is 0 Å². The van der Waals surface area contributed by atoms with E-state index in [1.54, 1.807) is 25.2 Å². The number of carbonyl (C=O) groups excluding carboxylic acids is 2. The molecule has 2 aliphatic rings. The summed E-state index contributed by atoms with van der Waals surface area (Å²) >= 11 is 3.31. The Bertz CT molecular complexity index is 743. The number of rotatable bonds is 4. The van der Waals surface area contributed by atoms with E-state index in [2.05, 4.69) is 15.9 Å². The first-order valence-electron chi connectivity index (χ1n) is 8.07. The molecule has 0 radical (unpaired) electrons.